The molecule has 1 N–H and O–H groups in total. The monoisotopic (exact) mass is 304 g/mol. The lowest BCUT2D eigenvalue weighted by Gasteiger charge is -2.34. The summed E-state index contributed by atoms with van der Waals surface area (Å²) in [6.07, 6.45) is -0.579. The summed E-state index contributed by atoms with van der Waals surface area (Å²) in [7, 11) is -5.26. The maximum Gasteiger partial charge on any atom is 0.511 e. The molecule has 1 aliphatic heterocycles. The third-order valence-corrected chi connectivity index (χ3v) is 4.19. The largest absolute Gasteiger partial charge is 0.511 e. The maximum atomic E-state index is 12.4. The first-order valence-electron chi connectivity index (χ1n) is 5.86. The molecule has 0 aromatic rings. The summed E-state index contributed by atoms with van der Waals surface area (Å²) in [4.78, 5) is 0. The van der Waals surface area contributed by atoms with Gasteiger partial charge in [-0.2, -0.15) is 17.5 Å². The number of rotatable bonds is 3. The molecular weight excluding hydrogens is 285 g/mol. The minimum atomic E-state index is -5.26. The van der Waals surface area contributed by atoms with Crippen molar-refractivity contribution in [3.05, 3.63) is 0 Å². The minimum absolute atomic E-state index is 0.0359. The summed E-state index contributed by atoms with van der Waals surface area (Å²) in [5.74, 6) is 0. The standard InChI is InChI=1S/C10H19F3N2O3S/c1-9(2,3)14-6-8-7-15(4-5-18-8)19(16,17)10(11,12)13/h8,14H,4-7H2,1-3H3. The number of morpholine rings is 1. The van der Waals surface area contributed by atoms with Crippen LogP contribution in [0.4, 0.5) is 13.2 Å². The third kappa shape index (κ3) is 4.59. The molecule has 0 bridgehead atoms. The van der Waals surface area contributed by atoms with Crippen LogP contribution in [-0.2, 0) is 14.8 Å². The Morgan fingerprint density at radius 1 is 1.32 bits per heavy atom. The minimum Gasteiger partial charge on any atom is -0.374 e. The number of alkyl halides is 3. The van der Waals surface area contributed by atoms with Crippen LogP contribution < -0.4 is 5.32 Å². The Kier molecular flexibility index (Phi) is 4.87. The van der Waals surface area contributed by atoms with Crippen LogP contribution in [0.15, 0.2) is 0 Å². The van der Waals surface area contributed by atoms with E-state index in [2.05, 4.69) is 5.32 Å². The third-order valence-electron chi connectivity index (χ3n) is 2.59. The highest BCUT2D eigenvalue weighted by Gasteiger charge is 2.50. The van der Waals surface area contributed by atoms with E-state index in [0.717, 1.165) is 0 Å². The maximum absolute atomic E-state index is 12.4. The summed E-state index contributed by atoms with van der Waals surface area (Å²) in [6, 6.07) is 0. The van der Waals surface area contributed by atoms with Gasteiger partial charge in [0, 0.05) is 25.2 Å². The first kappa shape index (κ1) is 16.7. The van der Waals surface area contributed by atoms with Crippen LogP contribution in [0.3, 0.4) is 0 Å². The van der Waals surface area contributed by atoms with Crippen molar-refractivity contribution in [2.24, 2.45) is 0 Å². The molecule has 1 heterocycles. The predicted molar refractivity (Wildman–Crippen MR) is 64.0 cm³/mol. The van der Waals surface area contributed by atoms with Crippen molar-refractivity contribution in [2.45, 2.75) is 37.9 Å². The second-order valence-corrected chi connectivity index (χ2v) is 7.36. The van der Waals surface area contributed by atoms with Gasteiger partial charge in [0.05, 0.1) is 12.7 Å². The summed E-state index contributed by atoms with van der Waals surface area (Å²) < 4.78 is 65.6. The zero-order valence-corrected chi connectivity index (χ0v) is 11.9. The van der Waals surface area contributed by atoms with E-state index in [1.165, 1.54) is 0 Å². The fourth-order valence-corrected chi connectivity index (χ4v) is 2.57. The first-order chi connectivity index (χ1) is 8.43. The van der Waals surface area contributed by atoms with E-state index in [1.807, 2.05) is 20.8 Å². The summed E-state index contributed by atoms with van der Waals surface area (Å²) in [6.45, 7) is 5.41. The van der Waals surface area contributed by atoms with Gasteiger partial charge in [0.1, 0.15) is 0 Å². The van der Waals surface area contributed by atoms with Crippen LogP contribution in [0.5, 0.6) is 0 Å². The molecule has 1 unspecified atom stereocenters. The van der Waals surface area contributed by atoms with Gasteiger partial charge < -0.3 is 10.1 Å². The molecule has 1 atom stereocenters. The Morgan fingerprint density at radius 2 is 1.89 bits per heavy atom. The molecular formula is C10H19F3N2O3S. The molecule has 1 fully saturated rings. The highest BCUT2D eigenvalue weighted by Crippen LogP contribution is 2.28. The van der Waals surface area contributed by atoms with E-state index >= 15 is 0 Å². The second-order valence-electron chi connectivity index (χ2n) is 5.43. The van der Waals surface area contributed by atoms with Crippen LogP contribution in [0.25, 0.3) is 0 Å². The number of ether oxygens (including phenoxy) is 1. The topological polar surface area (TPSA) is 58.6 Å². The Hall–Kier alpha value is -0.380. The van der Waals surface area contributed by atoms with E-state index in [-0.39, 0.29) is 25.2 Å². The molecule has 0 spiro atoms. The van der Waals surface area contributed by atoms with Crippen molar-refractivity contribution in [3.63, 3.8) is 0 Å². The van der Waals surface area contributed by atoms with Gasteiger partial charge in [-0.25, -0.2) is 8.42 Å². The molecule has 5 nitrogen and oxygen atoms in total. The fourth-order valence-electron chi connectivity index (χ4n) is 1.60. The number of nitrogens with one attached hydrogen (secondary N) is 1. The highest BCUT2D eigenvalue weighted by atomic mass is 32.2. The van der Waals surface area contributed by atoms with Gasteiger partial charge in [-0.15, -0.1) is 0 Å². The lowest BCUT2D eigenvalue weighted by Crippen LogP contribution is -2.53. The molecule has 1 aliphatic rings. The quantitative estimate of drug-likeness (QED) is 0.842. The van der Waals surface area contributed by atoms with E-state index < -0.39 is 21.6 Å². The molecule has 1 saturated heterocycles. The van der Waals surface area contributed by atoms with Crippen LogP contribution in [0.1, 0.15) is 20.8 Å². The van der Waals surface area contributed by atoms with Crippen LogP contribution in [-0.4, -0.2) is 56.1 Å². The zero-order valence-electron chi connectivity index (χ0n) is 11.1. The molecule has 0 aromatic heterocycles. The van der Waals surface area contributed by atoms with Crippen molar-refractivity contribution in [2.75, 3.05) is 26.2 Å². The highest BCUT2D eigenvalue weighted by molar-refractivity contribution is 7.90. The number of hydrogen-bond donors (Lipinski definition) is 1. The van der Waals surface area contributed by atoms with Crippen molar-refractivity contribution in [3.8, 4) is 0 Å². The molecule has 19 heavy (non-hydrogen) atoms. The van der Waals surface area contributed by atoms with Gasteiger partial charge in [0.25, 0.3) is 0 Å². The average Bonchev–Trinajstić information content (AvgIpc) is 2.24. The molecule has 0 radical (unpaired) electrons. The number of halogens is 3. The van der Waals surface area contributed by atoms with E-state index in [9.17, 15) is 21.6 Å². The molecule has 1 rings (SSSR count). The molecule has 0 aliphatic carbocycles. The lowest BCUT2D eigenvalue weighted by molar-refractivity contribution is -0.0571. The van der Waals surface area contributed by atoms with E-state index in [0.29, 0.717) is 10.8 Å². The average molecular weight is 304 g/mol. The first-order valence-corrected chi connectivity index (χ1v) is 7.30. The molecule has 9 heteroatoms. The SMILES string of the molecule is CC(C)(C)NCC1CN(S(=O)(=O)C(F)(F)F)CCO1. The van der Waals surface area contributed by atoms with Gasteiger partial charge in [-0.1, -0.05) is 0 Å². The number of sulfonamides is 1. The molecule has 0 saturated carbocycles. The second kappa shape index (κ2) is 5.55. The molecule has 0 amide bonds. The predicted octanol–water partition coefficient (Wildman–Crippen LogP) is 0.925. The van der Waals surface area contributed by atoms with Gasteiger partial charge >= 0.3 is 15.5 Å². The van der Waals surface area contributed by atoms with Crippen molar-refractivity contribution < 1.29 is 26.3 Å². The summed E-state index contributed by atoms with van der Waals surface area (Å²) in [5.41, 5.74) is -5.47. The smallest absolute Gasteiger partial charge is 0.374 e. The zero-order chi connectivity index (χ0) is 14.9. The van der Waals surface area contributed by atoms with Crippen LogP contribution >= 0.6 is 0 Å². The molecule has 114 valence electrons. The van der Waals surface area contributed by atoms with E-state index in [1.54, 1.807) is 0 Å². The van der Waals surface area contributed by atoms with Crippen LogP contribution in [0.2, 0.25) is 0 Å². The van der Waals surface area contributed by atoms with Gasteiger partial charge in [-0.3, -0.25) is 0 Å². The lowest BCUT2D eigenvalue weighted by atomic mass is 10.1. The van der Waals surface area contributed by atoms with E-state index in [4.69, 9.17) is 4.74 Å². The Morgan fingerprint density at radius 3 is 2.37 bits per heavy atom. The van der Waals surface area contributed by atoms with Gasteiger partial charge in [-0.05, 0) is 20.8 Å². The Balaban J connectivity index is 2.65. The van der Waals surface area contributed by atoms with Crippen molar-refractivity contribution in [1.29, 1.82) is 0 Å². The summed E-state index contributed by atoms with van der Waals surface area (Å²) >= 11 is 0. The normalized spacial score (nSPS) is 23.6. The van der Waals surface area contributed by atoms with Gasteiger partial charge in [0.2, 0.25) is 0 Å². The van der Waals surface area contributed by atoms with Crippen molar-refractivity contribution in [1.82, 2.24) is 9.62 Å². The number of nitrogens with zero attached hydrogens (tertiary/aromatic N) is 1. The summed E-state index contributed by atoms with van der Waals surface area (Å²) in [5, 5.41) is 3.07. The van der Waals surface area contributed by atoms with Crippen molar-refractivity contribution >= 4 is 10.0 Å². The Labute approximate surface area is 111 Å². The van der Waals surface area contributed by atoms with Gasteiger partial charge in [0.15, 0.2) is 0 Å². The Bertz CT molecular complexity index is 403. The van der Waals surface area contributed by atoms with Crippen LogP contribution in [0, 0.1) is 0 Å². The molecule has 0 aromatic carbocycles. The fraction of sp³-hybridized carbons (Fsp3) is 1.00. The number of hydrogen-bond acceptors (Lipinski definition) is 4.